The molecule has 150 valence electrons. The highest BCUT2D eigenvalue weighted by molar-refractivity contribution is 6.03. The third kappa shape index (κ3) is 5.13. The van der Waals surface area contributed by atoms with Crippen molar-refractivity contribution in [1.29, 1.82) is 0 Å². The Kier molecular flexibility index (Phi) is 6.13. The van der Waals surface area contributed by atoms with Crippen molar-refractivity contribution in [3.63, 3.8) is 0 Å². The Balaban J connectivity index is 1.61. The van der Waals surface area contributed by atoms with Crippen LogP contribution in [0.4, 0.5) is 5.69 Å². The molecule has 0 fully saturated rings. The van der Waals surface area contributed by atoms with Crippen LogP contribution in [0.5, 0.6) is 0 Å². The molecule has 1 atom stereocenters. The first-order valence-corrected chi connectivity index (χ1v) is 8.90. The fourth-order valence-corrected chi connectivity index (χ4v) is 2.49. The minimum Gasteiger partial charge on any atom is -0.467 e. The highest BCUT2D eigenvalue weighted by Gasteiger charge is 2.20. The molecule has 2 heterocycles. The summed E-state index contributed by atoms with van der Waals surface area (Å²) in [7, 11) is 0. The van der Waals surface area contributed by atoms with E-state index in [1.165, 1.54) is 31.6 Å². The summed E-state index contributed by atoms with van der Waals surface area (Å²) in [6, 6.07) is 11.3. The van der Waals surface area contributed by atoms with Gasteiger partial charge in [-0.1, -0.05) is 6.07 Å². The lowest BCUT2D eigenvalue weighted by Gasteiger charge is -2.14. The topological polar surface area (TPSA) is 111 Å². The molecular formula is C21H20N2O6. The van der Waals surface area contributed by atoms with Gasteiger partial charge in [-0.15, -0.1) is 0 Å². The number of ether oxygens (including phenoxy) is 1. The van der Waals surface area contributed by atoms with Gasteiger partial charge in [0, 0.05) is 5.69 Å². The van der Waals surface area contributed by atoms with E-state index in [0.29, 0.717) is 11.4 Å². The first-order chi connectivity index (χ1) is 13.9. The van der Waals surface area contributed by atoms with Crippen LogP contribution < -0.4 is 10.6 Å². The number of anilines is 1. The average Bonchev–Trinajstić information content (AvgIpc) is 3.41. The fraction of sp³-hybridized carbons (Fsp3) is 0.190. The molecular weight excluding hydrogens is 376 g/mol. The minimum absolute atomic E-state index is 0.152. The molecule has 0 aliphatic rings. The largest absolute Gasteiger partial charge is 0.467 e. The van der Waals surface area contributed by atoms with Crippen molar-refractivity contribution in [2.24, 2.45) is 0 Å². The van der Waals surface area contributed by atoms with Gasteiger partial charge in [0.15, 0.2) is 11.9 Å². The van der Waals surface area contributed by atoms with Gasteiger partial charge in [-0.3, -0.25) is 9.59 Å². The molecule has 0 bridgehead atoms. The van der Waals surface area contributed by atoms with Gasteiger partial charge in [-0.05, 0) is 55.8 Å². The molecule has 0 spiro atoms. The van der Waals surface area contributed by atoms with E-state index in [9.17, 15) is 14.4 Å². The number of esters is 1. The number of aryl methyl sites for hydroxylation is 1. The second kappa shape index (κ2) is 8.92. The summed E-state index contributed by atoms with van der Waals surface area (Å²) >= 11 is 0. The van der Waals surface area contributed by atoms with Crippen LogP contribution >= 0.6 is 0 Å². The van der Waals surface area contributed by atoms with Crippen LogP contribution in [0.2, 0.25) is 0 Å². The van der Waals surface area contributed by atoms with Crippen molar-refractivity contribution in [2.75, 3.05) is 5.32 Å². The number of amides is 2. The lowest BCUT2D eigenvalue weighted by molar-refractivity contribution is -0.129. The Morgan fingerprint density at radius 2 is 1.83 bits per heavy atom. The number of nitrogens with one attached hydrogen (secondary N) is 2. The molecule has 0 saturated carbocycles. The molecule has 0 saturated heterocycles. The zero-order valence-electron chi connectivity index (χ0n) is 15.9. The van der Waals surface area contributed by atoms with Gasteiger partial charge in [0.25, 0.3) is 11.8 Å². The maximum atomic E-state index is 12.4. The normalized spacial score (nSPS) is 11.5. The number of carbonyl (C=O) groups excluding carboxylic acids is 3. The molecule has 0 aliphatic carbocycles. The number of hydrogen-bond donors (Lipinski definition) is 2. The third-order valence-corrected chi connectivity index (χ3v) is 4.14. The van der Waals surface area contributed by atoms with Crippen LogP contribution in [0, 0.1) is 6.92 Å². The zero-order valence-corrected chi connectivity index (χ0v) is 15.9. The Bertz CT molecular complexity index is 992. The summed E-state index contributed by atoms with van der Waals surface area (Å²) < 4.78 is 15.4. The van der Waals surface area contributed by atoms with Crippen LogP contribution in [-0.4, -0.2) is 23.9 Å². The summed E-state index contributed by atoms with van der Waals surface area (Å²) in [5.41, 5.74) is 1.40. The van der Waals surface area contributed by atoms with E-state index in [1.54, 1.807) is 37.3 Å². The Morgan fingerprint density at radius 3 is 2.52 bits per heavy atom. The van der Waals surface area contributed by atoms with Crippen molar-refractivity contribution < 1.29 is 28.0 Å². The van der Waals surface area contributed by atoms with Crippen molar-refractivity contribution in [3.8, 4) is 0 Å². The quantitative estimate of drug-likeness (QED) is 0.593. The number of rotatable bonds is 7. The molecule has 3 aromatic rings. The summed E-state index contributed by atoms with van der Waals surface area (Å²) in [5.74, 6) is -0.826. The van der Waals surface area contributed by atoms with Crippen molar-refractivity contribution in [3.05, 3.63) is 77.6 Å². The van der Waals surface area contributed by atoms with Crippen LogP contribution in [0.15, 0.2) is 63.8 Å². The molecule has 0 aliphatic heterocycles. The van der Waals surface area contributed by atoms with E-state index in [4.69, 9.17) is 13.6 Å². The van der Waals surface area contributed by atoms with E-state index in [0.717, 1.165) is 5.56 Å². The smallest absolute Gasteiger partial charge is 0.338 e. The fourth-order valence-electron chi connectivity index (χ4n) is 2.49. The molecule has 2 aromatic heterocycles. The van der Waals surface area contributed by atoms with Crippen LogP contribution in [-0.2, 0) is 16.1 Å². The lowest BCUT2D eigenvalue weighted by atomic mass is 10.1. The number of benzene rings is 1. The third-order valence-electron chi connectivity index (χ3n) is 4.14. The molecule has 3 rings (SSSR count). The second-order valence-electron chi connectivity index (χ2n) is 6.31. The van der Waals surface area contributed by atoms with Gasteiger partial charge in [0.1, 0.15) is 5.76 Å². The van der Waals surface area contributed by atoms with Gasteiger partial charge in [-0.2, -0.15) is 0 Å². The highest BCUT2D eigenvalue weighted by Crippen LogP contribution is 2.19. The molecule has 1 aromatic carbocycles. The summed E-state index contributed by atoms with van der Waals surface area (Å²) in [5, 5.41) is 5.32. The summed E-state index contributed by atoms with van der Waals surface area (Å²) in [6.45, 7) is 3.46. The van der Waals surface area contributed by atoms with Gasteiger partial charge in [-0.25, -0.2) is 4.79 Å². The van der Waals surface area contributed by atoms with Crippen LogP contribution in [0.3, 0.4) is 0 Å². The first-order valence-electron chi connectivity index (χ1n) is 8.90. The van der Waals surface area contributed by atoms with Crippen molar-refractivity contribution in [2.45, 2.75) is 26.5 Å². The van der Waals surface area contributed by atoms with Gasteiger partial charge in [0.2, 0.25) is 0 Å². The van der Waals surface area contributed by atoms with Crippen molar-refractivity contribution >= 4 is 23.5 Å². The van der Waals surface area contributed by atoms with Gasteiger partial charge < -0.3 is 24.2 Å². The standard InChI is InChI=1S/C21H20N2O6/c1-13-7-8-15(11-17(13)23-20(25)18-6-4-10-28-18)21(26)29-14(2)19(24)22-12-16-5-3-9-27-16/h3-11,14H,12H2,1-2H3,(H,22,24)(H,23,25)/t14-/m0/s1. The average molecular weight is 396 g/mol. The second-order valence-corrected chi connectivity index (χ2v) is 6.31. The molecule has 29 heavy (non-hydrogen) atoms. The zero-order chi connectivity index (χ0) is 20.8. The summed E-state index contributed by atoms with van der Waals surface area (Å²) in [4.78, 5) is 36.7. The van der Waals surface area contributed by atoms with Crippen molar-refractivity contribution in [1.82, 2.24) is 5.32 Å². The highest BCUT2D eigenvalue weighted by atomic mass is 16.5. The van der Waals surface area contributed by atoms with E-state index in [-0.39, 0.29) is 17.9 Å². The van der Waals surface area contributed by atoms with Gasteiger partial charge >= 0.3 is 5.97 Å². The number of carbonyl (C=O) groups is 3. The molecule has 0 unspecified atom stereocenters. The monoisotopic (exact) mass is 396 g/mol. The molecule has 8 nitrogen and oxygen atoms in total. The van der Waals surface area contributed by atoms with E-state index in [1.807, 2.05) is 0 Å². The maximum Gasteiger partial charge on any atom is 0.338 e. The predicted molar refractivity (Wildman–Crippen MR) is 103 cm³/mol. The van der Waals surface area contributed by atoms with E-state index >= 15 is 0 Å². The van der Waals surface area contributed by atoms with E-state index < -0.39 is 23.9 Å². The van der Waals surface area contributed by atoms with E-state index in [2.05, 4.69) is 10.6 Å². The lowest BCUT2D eigenvalue weighted by Crippen LogP contribution is -2.35. The Morgan fingerprint density at radius 1 is 1.07 bits per heavy atom. The number of hydrogen-bond acceptors (Lipinski definition) is 6. The Hall–Kier alpha value is -3.81. The van der Waals surface area contributed by atoms with Crippen LogP contribution in [0.25, 0.3) is 0 Å². The minimum atomic E-state index is -1.00. The van der Waals surface area contributed by atoms with Gasteiger partial charge in [0.05, 0.1) is 24.6 Å². The van der Waals surface area contributed by atoms with Crippen LogP contribution in [0.1, 0.15) is 39.2 Å². The molecule has 2 amide bonds. The maximum absolute atomic E-state index is 12.4. The molecule has 0 radical (unpaired) electrons. The number of furan rings is 2. The Labute approximate surface area is 166 Å². The molecule has 8 heteroatoms. The first kappa shape index (κ1) is 19.9. The summed E-state index contributed by atoms with van der Waals surface area (Å²) in [6.07, 6.45) is 1.90. The molecule has 2 N–H and O–H groups in total. The SMILES string of the molecule is Cc1ccc(C(=O)O[C@@H](C)C(=O)NCc2ccco2)cc1NC(=O)c1ccco1. The predicted octanol–water partition coefficient (Wildman–Crippen LogP) is 3.30.